The van der Waals surface area contributed by atoms with E-state index >= 15 is 0 Å². The molecule has 0 spiro atoms. The van der Waals surface area contributed by atoms with Gasteiger partial charge in [0.2, 0.25) is 0 Å². The third kappa shape index (κ3) is 2.11. The van der Waals surface area contributed by atoms with E-state index in [0.717, 1.165) is 5.52 Å². The molecule has 0 saturated carbocycles. The summed E-state index contributed by atoms with van der Waals surface area (Å²) in [6.07, 6.45) is 1.52. The van der Waals surface area contributed by atoms with Crippen molar-refractivity contribution in [2.75, 3.05) is 19.8 Å². The molecule has 1 fully saturated rings. The van der Waals surface area contributed by atoms with Crippen LogP contribution >= 0.6 is 11.3 Å². The zero-order valence-corrected chi connectivity index (χ0v) is 9.98. The van der Waals surface area contributed by atoms with Crippen LogP contribution in [0.2, 0.25) is 0 Å². The van der Waals surface area contributed by atoms with Gasteiger partial charge in [-0.25, -0.2) is 4.98 Å². The second-order valence-electron chi connectivity index (χ2n) is 3.90. The summed E-state index contributed by atoms with van der Waals surface area (Å²) in [6.45, 7) is 2.26. The number of ether oxygens (including phenoxy) is 2. The molecule has 1 saturated heterocycles. The van der Waals surface area contributed by atoms with Crippen LogP contribution in [-0.4, -0.2) is 35.5 Å². The van der Waals surface area contributed by atoms with Gasteiger partial charge in [0, 0.05) is 0 Å². The Bertz CT molecular complexity index is 571. The van der Waals surface area contributed by atoms with Crippen molar-refractivity contribution in [2.45, 2.75) is 12.6 Å². The summed E-state index contributed by atoms with van der Waals surface area (Å²) in [7, 11) is 0. The van der Waals surface area contributed by atoms with E-state index in [2.05, 4.69) is 4.98 Å². The maximum atomic E-state index is 12.1. The molecule has 90 valence electrons. The van der Waals surface area contributed by atoms with Crippen LogP contribution in [0.15, 0.2) is 22.6 Å². The highest BCUT2D eigenvalue weighted by atomic mass is 32.1. The number of nitrogens with zero attached hydrogens (tertiary/aromatic N) is 2. The summed E-state index contributed by atoms with van der Waals surface area (Å²) in [6, 6.07) is 1.85. The van der Waals surface area contributed by atoms with Crippen molar-refractivity contribution in [1.29, 1.82) is 0 Å². The van der Waals surface area contributed by atoms with Crippen molar-refractivity contribution in [3.63, 3.8) is 0 Å². The van der Waals surface area contributed by atoms with Crippen LogP contribution in [-0.2, 0) is 16.0 Å². The fourth-order valence-electron chi connectivity index (χ4n) is 1.87. The number of aromatic nitrogens is 2. The van der Waals surface area contributed by atoms with Gasteiger partial charge in [0.1, 0.15) is 4.70 Å². The highest BCUT2D eigenvalue weighted by molar-refractivity contribution is 7.17. The lowest BCUT2D eigenvalue weighted by molar-refractivity contribution is -0.0939. The Labute approximate surface area is 102 Å². The summed E-state index contributed by atoms with van der Waals surface area (Å²) >= 11 is 1.42. The smallest absolute Gasteiger partial charge is 0.271 e. The molecule has 0 bridgehead atoms. The van der Waals surface area contributed by atoms with Gasteiger partial charge in [-0.1, -0.05) is 0 Å². The first-order valence-electron chi connectivity index (χ1n) is 5.46. The number of hydrogen-bond donors (Lipinski definition) is 0. The largest absolute Gasteiger partial charge is 0.376 e. The van der Waals surface area contributed by atoms with Gasteiger partial charge < -0.3 is 9.47 Å². The number of thiophene rings is 1. The maximum absolute atomic E-state index is 12.1. The van der Waals surface area contributed by atoms with E-state index in [9.17, 15) is 4.79 Å². The molecular formula is C11H12N2O3S. The molecule has 2 aromatic rings. The highest BCUT2D eigenvalue weighted by Crippen LogP contribution is 2.13. The molecule has 2 aromatic heterocycles. The lowest BCUT2D eigenvalue weighted by Crippen LogP contribution is -2.35. The van der Waals surface area contributed by atoms with Gasteiger partial charge in [-0.15, -0.1) is 11.3 Å². The molecule has 6 heteroatoms. The molecule has 1 atom stereocenters. The Hall–Kier alpha value is -1.24. The third-order valence-electron chi connectivity index (χ3n) is 2.72. The second-order valence-corrected chi connectivity index (χ2v) is 4.82. The van der Waals surface area contributed by atoms with Crippen molar-refractivity contribution < 1.29 is 9.47 Å². The SMILES string of the molecule is O=c1c2sccc2ncn1C[C@@H]1COCCO1. The minimum Gasteiger partial charge on any atom is -0.376 e. The van der Waals surface area contributed by atoms with Gasteiger partial charge >= 0.3 is 0 Å². The molecule has 5 nitrogen and oxygen atoms in total. The molecule has 0 radical (unpaired) electrons. The Morgan fingerprint density at radius 3 is 3.29 bits per heavy atom. The third-order valence-corrected chi connectivity index (χ3v) is 3.61. The first-order valence-corrected chi connectivity index (χ1v) is 6.34. The van der Waals surface area contributed by atoms with Gasteiger partial charge in [-0.3, -0.25) is 9.36 Å². The van der Waals surface area contributed by atoms with E-state index in [1.54, 1.807) is 10.9 Å². The van der Waals surface area contributed by atoms with E-state index in [4.69, 9.17) is 9.47 Å². The predicted molar refractivity (Wildman–Crippen MR) is 64.4 cm³/mol. The van der Waals surface area contributed by atoms with Crippen LogP contribution in [0, 0.1) is 0 Å². The number of rotatable bonds is 2. The number of hydrogen-bond acceptors (Lipinski definition) is 5. The van der Waals surface area contributed by atoms with Gasteiger partial charge in [-0.2, -0.15) is 0 Å². The van der Waals surface area contributed by atoms with E-state index in [0.29, 0.717) is 31.1 Å². The summed E-state index contributed by atoms with van der Waals surface area (Å²) in [5.74, 6) is 0. The van der Waals surface area contributed by atoms with E-state index in [-0.39, 0.29) is 11.7 Å². The molecule has 3 heterocycles. The minimum atomic E-state index is -0.0549. The standard InChI is InChI=1S/C11H12N2O3S/c14-11-10-9(1-4-17-10)12-7-13(11)5-8-6-15-2-3-16-8/h1,4,7-8H,2-3,5-6H2/t8-/m1/s1. The lowest BCUT2D eigenvalue weighted by Gasteiger charge is -2.23. The molecule has 0 aromatic carbocycles. The molecule has 0 unspecified atom stereocenters. The average molecular weight is 252 g/mol. The van der Waals surface area contributed by atoms with Gasteiger partial charge in [0.25, 0.3) is 5.56 Å². The summed E-state index contributed by atoms with van der Waals surface area (Å²) < 4.78 is 13.1. The summed E-state index contributed by atoms with van der Waals surface area (Å²) in [5, 5.41) is 1.88. The Balaban J connectivity index is 1.89. The van der Waals surface area contributed by atoms with Crippen LogP contribution in [0.25, 0.3) is 10.2 Å². The topological polar surface area (TPSA) is 53.4 Å². The monoisotopic (exact) mass is 252 g/mol. The first-order chi connectivity index (χ1) is 8.34. The maximum Gasteiger partial charge on any atom is 0.271 e. The Kier molecular flexibility index (Phi) is 2.92. The van der Waals surface area contributed by atoms with Crippen molar-refractivity contribution in [3.8, 4) is 0 Å². The van der Waals surface area contributed by atoms with Gasteiger partial charge in [-0.05, 0) is 11.4 Å². The molecule has 0 amide bonds. The fourth-order valence-corrected chi connectivity index (χ4v) is 2.66. The lowest BCUT2D eigenvalue weighted by atomic mass is 10.3. The van der Waals surface area contributed by atoms with Crippen molar-refractivity contribution in [3.05, 3.63) is 28.1 Å². The molecule has 0 aliphatic carbocycles. The van der Waals surface area contributed by atoms with Crippen molar-refractivity contribution in [1.82, 2.24) is 9.55 Å². The van der Waals surface area contributed by atoms with Crippen molar-refractivity contribution >= 4 is 21.6 Å². The second kappa shape index (κ2) is 4.56. The van der Waals surface area contributed by atoms with Gasteiger partial charge in [0.15, 0.2) is 0 Å². The number of fused-ring (bicyclic) bond motifs is 1. The van der Waals surface area contributed by atoms with Gasteiger partial charge in [0.05, 0.1) is 44.3 Å². The Morgan fingerprint density at radius 1 is 1.53 bits per heavy atom. The first kappa shape index (κ1) is 10.9. The molecule has 0 N–H and O–H groups in total. The summed E-state index contributed by atoms with van der Waals surface area (Å²) in [4.78, 5) is 16.3. The summed E-state index contributed by atoms with van der Waals surface area (Å²) in [5.41, 5.74) is 0.760. The van der Waals surface area contributed by atoms with Crippen LogP contribution in [0.5, 0.6) is 0 Å². The van der Waals surface area contributed by atoms with Crippen molar-refractivity contribution in [2.24, 2.45) is 0 Å². The minimum absolute atomic E-state index is 0.000765. The average Bonchev–Trinajstić information content (AvgIpc) is 2.83. The Morgan fingerprint density at radius 2 is 2.47 bits per heavy atom. The predicted octanol–water partition coefficient (Wildman–Crippen LogP) is 0.873. The van der Waals surface area contributed by atoms with Crippen LogP contribution in [0.3, 0.4) is 0 Å². The van der Waals surface area contributed by atoms with Crippen LogP contribution in [0.4, 0.5) is 0 Å². The molecule has 3 rings (SSSR count). The van der Waals surface area contributed by atoms with E-state index < -0.39 is 0 Å². The normalized spacial score (nSPS) is 20.8. The zero-order chi connectivity index (χ0) is 11.7. The van der Waals surface area contributed by atoms with E-state index in [1.165, 1.54) is 11.3 Å². The van der Waals surface area contributed by atoms with Crippen LogP contribution in [0.1, 0.15) is 0 Å². The van der Waals surface area contributed by atoms with Crippen LogP contribution < -0.4 is 5.56 Å². The molecular weight excluding hydrogens is 240 g/mol. The molecule has 1 aliphatic rings. The highest BCUT2D eigenvalue weighted by Gasteiger charge is 2.16. The van der Waals surface area contributed by atoms with E-state index in [1.807, 2.05) is 11.4 Å². The molecule has 1 aliphatic heterocycles. The molecule has 17 heavy (non-hydrogen) atoms. The quantitative estimate of drug-likeness (QED) is 0.796. The fraction of sp³-hybridized carbons (Fsp3) is 0.455. The zero-order valence-electron chi connectivity index (χ0n) is 9.17.